The molecule has 18 heavy (non-hydrogen) atoms. The van der Waals surface area contributed by atoms with E-state index in [1.54, 1.807) is 22.6 Å². The van der Waals surface area contributed by atoms with Gasteiger partial charge in [0.15, 0.2) is 0 Å². The van der Waals surface area contributed by atoms with Crippen LogP contribution in [0.3, 0.4) is 0 Å². The topological polar surface area (TPSA) is 86.5 Å². The molecule has 0 saturated carbocycles. The van der Waals surface area contributed by atoms with E-state index < -0.39 is 40.2 Å². The molecule has 0 saturated heterocycles. The van der Waals surface area contributed by atoms with Crippen molar-refractivity contribution in [3.63, 3.8) is 0 Å². The Morgan fingerprint density at radius 2 is 2.11 bits per heavy atom. The van der Waals surface area contributed by atoms with Crippen LogP contribution in [0, 0.1) is 19.5 Å². The minimum atomic E-state index is -1.16. The highest BCUT2D eigenvalue weighted by molar-refractivity contribution is 14.1. The van der Waals surface area contributed by atoms with Crippen molar-refractivity contribution < 1.29 is 23.6 Å². The Bertz CT molecular complexity index is 531. The Kier molecular flexibility index (Phi) is 4.70. The molecule has 6 nitrogen and oxygen atoms in total. The fourth-order valence-electron chi connectivity index (χ4n) is 1.27. The third-order valence-corrected chi connectivity index (χ3v) is 2.71. The van der Waals surface area contributed by atoms with Gasteiger partial charge in [-0.3, -0.25) is 14.9 Å². The lowest BCUT2D eigenvalue weighted by molar-refractivity contribution is -0.385. The van der Waals surface area contributed by atoms with Gasteiger partial charge >= 0.3 is 5.97 Å². The first-order valence-electron chi connectivity index (χ1n) is 4.60. The van der Waals surface area contributed by atoms with Gasteiger partial charge in [-0.25, -0.2) is 9.18 Å². The van der Waals surface area contributed by atoms with Crippen molar-refractivity contribution in [1.29, 1.82) is 0 Å². The molecule has 1 rings (SSSR count). The number of benzene rings is 1. The normalized spacial score (nSPS) is 9.94. The van der Waals surface area contributed by atoms with Crippen LogP contribution in [-0.4, -0.2) is 23.8 Å². The number of hydrogen-bond donors (Lipinski definition) is 0. The maximum absolute atomic E-state index is 13.6. The molecule has 0 aliphatic carbocycles. The fraction of sp³-hybridized carbons (Fsp3) is 0.200. The Morgan fingerprint density at radius 3 is 2.61 bits per heavy atom. The highest BCUT2D eigenvalue weighted by Crippen LogP contribution is 2.25. The first kappa shape index (κ1) is 14.5. The molecule has 0 aliphatic heterocycles. The molecule has 0 aliphatic rings. The smallest absolute Gasteiger partial charge is 0.374 e. The number of nitrogens with zero attached hydrogens (tertiary/aromatic N) is 1. The van der Waals surface area contributed by atoms with Gasteiger partial charge in [-0.1, -0.05) is 0 Å². The second-order valence-corrected chi connectivity index (χ2v) is 4.48. The van der Waals surface area contributed by atoms with Crippen LogP contribution in [0.2, 0.25) is 0 Å². The van der Waals surface area contributed by atoms with Gasteiger partial charge in [0.25, 0.3) is 5.69 Å². The number of ether oxygens (including phenoxy) is 1. The zero-order valence-corrected chi connectivity index (χ0v) is 11.3. The van der Waals surface area contributed by atoms with E-state index in [0.717, 1.165) is 19.2 Å². The zero-order chi connectivity index (χ0) is 13.9. The molecule has 0 radical (unpaired) electrons. The predicted octanol–water partition coefficient (Wildman–Crippen LogP) is 1.62. The molecule has 0 fully saturated rings. The maximum Gasteiger partial charge on any atom is 0.374 e. The molecule has 0 aromatic heterocycles. The Morgan fingerprint density at radius 1 is 1.50 bits per heavy atom. The van der Waals surface area contributed by atoms with Gasteiger partial charge in [0.2, 0.25) is 5.78 Å². The third-order valence-electron chi connectivity index (χ3n) is 2.08. The van der Waals surface area contributed by atoms with Gasteiger partial charge in [0.1, 0.15) is 5.82 Å². The first-order valence-corrected chi connectivity index (χ1v) is 5.68. The number of ketones is 1. The Labute approximate surface area is 114 Å². The van der Waals surface area contributed by atoms with Crippen LogP contribution in [0.25, 0.3) is 0 Å². The van der Waals surface area contributed by atoms with Crippen LogP contribution in [0.5, 0.6) is 0 Å². The number of hydrogen-bond acceptors (Lipinski definition) is 5. The second-order valence-electron chi connectivity index (χ2n) is 3.23. The van der Waals surface area contributed by atoms with Crippen LogP contribution in [-0.2, 0) is 20.7 Å². The van der Waals surface area contributed by atoms with Crippen LogP contribution in [0.4, 0.5) is 10.1 Å². The number of carbonyl (C=O) groups excluding carboxylic acids is 2. The summed E-state index contributed by atoms with van der Waals surface area (Å²) in [6.07, 6.45) is -0.703. The van der Waals surface area contributed by atoms with E-state index >= 15 is 0 Å². The van der Waals surface area contributed by atoms with Crippen LogP contribution >= 0.6 is 22.6 Å². The molecule has 0 bridgehead atoms. The summed E-state index contributed by atoms with van der Waals surface area (Å²) in [6.45, 7) is 0. The van der Waals surface area contributed by atoms with E-state index in [0.29, 0.717) is 3.57 Å². The van der Waals surface area contributed by atoms with E-state index in [1.165, 1.54) is 0 Å². The van der Waals surface area contributed by atoms with Gasteiger partial charge < -0.3 is 4.74 Å². The molecule has 1 aromatic carbocycles. The minimum Gasteiger partial charge on any atom is -0.463 e. The highest BCUT2D eigenvalue weighted by atomic mass is 127. The van der Waals surface area contributed by atoms with Gasteiger partial charge in [-0.15, -0.1) is 0 Å². The number of rotatable bonds is 4. The van der Waals surface area contributed by atoms with E-state index in [-0.39, 0.29) is 0 Å². The summed E-state index contributed by atoms with van der Waals surface area (Å²) >= 11 is 1.71. The second kappa shape index (κ2) is 5.85. The van der Waals surface area contributed by atoms with Crippen molar-refractivity contribution in [3.05, 3.63) is 37.2 Å². The highest BCUT2D eigenvalue weighted by Gasteiger charge is 2.25. The molecule has 0 heterocycles. The molecular weight excluding hydrogens is 360 g/mol. The maximum atomic E-state index is 13.6. The molecule has 1 aromatic rings. The van der Waals surface area contributed by atoms with E-state index in [9.17, 15) is 24.1 Å². The number of carbonyl (C=O) groups is 2. The molecule has 0 unspecified atom stereocenters. The average Bonchev–Trinajstić information content (AvgIpc) is 2.30. The number of nitro benzene ring substituents is 1. The van der Waals surface area contributed by atoms with Crippen molar-refractivity contribution >= 4 is 40.0 Å². The predicted molar refractivity (Wildman–Crippen MR) is 66.5 cm³/mol. The van der Waals surface area contributed by atoms with E-state index in [4.69, 9.17) is 0 Å². The van der Waals surface area contributed by atoms with Crippen molar-refractivity contribution in [2.75, 3.05) is 7.11 Å². The monoisotopic (exact) mass is 367 g/mol. The number of Topliss-reactive ketones (excluding diaryl/α,β-unsaturated/α-hetero) is 1. The Balaban J connectivity index is 3.19. The Hall–Kier alpha value is -1.58. The standard InChI is InChI=1S/C10H7FINO5/c1-18-10(15)9(14)4-6-7(11)2-5(12)3-8(6)13(16)17/h2-3H,4H2,1H3. The van der Waals surface area contributed by atoms with E-state index in [2.05, 4.69) is 4.74 Å². The molecule has 8 heteroatoms. The summed E-state index contributed by atoms with van der Waals surface area (Å²) in [5, 5.41) is 10.8. The largest absolute Gasteiger partial charge is 0.463 e. The average molecular weight is 367 g/mol. The zero-order valence-electron chi connectivity index (χ0n) is 9.11. The lowest BCUT2D eigenvalue weighted by Gasteiger charge is -2.04. The number of esters is 1. The summed E-state index contributed by atoms with van der Waals surface area (Å²) in [5.41, 5.74) is -0.951. The molecule has 0 N–H and O–H groups in total. The van der Waals surface area contributed by atoms with E-state index in [1.807, 2.05) is 0 Å². The number of methoxy groups -OCH3 is 1. The quantitative estimate of drug-likeness (QED) is 0.265. The lowest BCUT2D eigenvalue weighted by atomic mass is 10.1. The molecule has 0 atom stereocenters. The van der Waals surface area contributed by atoms with Crippen LogP contribution in [0.1, 0.15) is 5.56 Å². The van der Waals surface area contributed by atoms with Crippen molar-refractivity contribution in [3.8, 4) is 0 Å². The SMILES string of the molecule is COC(=O)C(=O)Cc1c(F)cc(I)cc1[N+](=O)[O-]. The van der Waals surface area contributed by atoms with Crippen LogP contribution in [0.15, 0.2) is 12.1 Å². The summed E-state index contributed by atoms with van der Waals surface area (Å²) < 4.78 is 18.1. The van der Waals surface area contributed by atoms with Crippen LogP contribution < -0.4 is 0 Å². The van der Waals surface area contributed by atoms with Gasteiger partial charge in [0.05, 0.1) is 24.0 Å². The first-order chi connectivity index (χ1) is 8.36. The fourth-order valence-corrected chi connectivity index (χ4v) is 1.84. The number of nitro groups is 1. The minimum absolute atomic E-state index is 0.325. The van der Waals surface area contributed by atoms with Gasteiger partial charge in [-0.2, -0.15) is 0 Å². The van der Waals surface area contributed by atoms with Crippen molar-refractivity contribution in [2.24, 2.45) is 0 Å². The van der Waals surface area contributed by atoms with Crippen molar-refractivity contribution in [1.82, 2.24) is 0 Å². The van der Waals surface area contributed by atoms with Gasteiger partial charge in [0, 0.05) is 9.64 Å². The third kappa shape index (κ3) is 3.22. The lowest BCUT2D eigenvalue weighted by Crippen LogP contribution is -2.19. The van der Waals surface area contributed by atoms with Crippen molar-refractivity contribution in [2.45, 2.75) is 6.42 Å². The summed E-state index contributed by atoms with van der Waals surface area (Å²) in [7, 11) is 0.999. The van der Waals surface area contributed by atoms with Gasteiger partial charge in [-0.05, 0) is 28.7 Å². The molecule has 96 valence electrons. The molecular formula is C10H7FINO5. The summed E-state index contributed by atoms with van der Waals surface area (Å²) in [5.74, 6) is -3.10. The molecule has 0 amide bonds. The summed E-state index contributed by atoms with van der Waals surface area (Å²) in [4.78, 5) is 32.2. The molecule has 0 spiro atoms. The number of halogens is 2. The summed E-state index contributed by atoms with van der Waals surface area (Å²) in [6, 6.07) is 2.18.